The quantitative estimate of drug-likeness (QED) is 0.622. The molecular weight excluding hydrogens is 400 g/mol. The summed E-state index contributed by atoms with van der Waals surface area (Å²) in [5.74, 6) is 3.07. The van der Waals surface area contributed by atoms with Crippen LogP contribution in [-0.4, -0.2) is 33.8 Å². The molecule has 2 aromatic carbocycles. The number of carbonyl (C=O) groups excluding carboxylic acids is 1. The molecular formula is C26H30N4O2. The summed E-state index contributed by atoms with van der Waals surface area (Å²) in [6, 6.07) is 18.6. The van der Waals surface area contributed by atoms with Crippen molar-refractivity contribution in [3.63, 3.8) is 0 Å². The van der Waals surface area contributed by atoms with E-state index in [-0.39, 0.29) is 17.4 Å². The van der Waals surface area contributed by atoms with Gasteiger partial charge in [-0.1, -0.05) is 42.5 Å². The first-order valence-electron chi connectivity index (χ1n) is 11.6. The number of aryl methyl sites for hydroxylation is 3. The largest absolute Gasteiger partial charge is 0.497 e. The normalized spacial score (nSPS) is 19.0. The molecule has 1 aliphatic heterocycles. The van der Waals surface area contributed by atoms with Crippen LogP contribution in [-0.2, 0) is 36.0 Å². The van der Waals surface area contributed by atoms with Crippen LogP contribution in [0.1, 0.15) is 48.5 Å². The Morgan fingerprint density at radius 2 is 1.84 bits per heavy atom. The van der Waals surface area contributed by atoms with Crippen molar-refractivity contribution in [1.29, 1.82) is 0 Å². The smallest absolute Gasteiger partial charge is 0.230 e. The third-order valence-electron chi connectivity index (χ3n) is 6.96. The fourth-order valence-electron chi connectivity index (χ4n) is 4.78. The molecule has 0 saturated heterocycles. The summed E-state index contributed by atoms with van der Waals surface area (Å²) in [6.45, 7) is 0.854. The highest BCUT2D eigenvalue weighted by atomic mass is 16.5. The number of nitrogens with zero attached hydrogens (tertiary/aromatic N) is 3. The number of hydrogen-bond acceptors (Lipinski definition) is 4. The van der Waals surface area contributed by atoms with E-state index in [1.807, 2.05) is 30.3 Å². The van der Waals surface area contributed by atoms with Crippen molar-refractivity contribution in [3.8, 4) is 5.75 Å². The van der Waals surface area contributed by atoms with E-state index < -0.39 is 0 Å². The molecule has 1 amide bonds. The fraction of sp³-hybridized carbons (Fsp3) is 0.423. The van der Waals surface area contributed by atoms with Crippen LogP contribution >= 0.6 is 0 Å². The molecule has 1 fully saturated rings. The average Bonchev–Trinajstić information content (AvgIpc) is 3.60. The number of fused-ring (bicyclic) bond motifs is 1. The Morgan fingerprint density at radius 3 is 2.56 bits per heavy atom. The summed E-state index contributed by atoms with van der Waals surface area (Å²) in [4.78, 5) is 13.2. The highest BCUT2D eigenvalue weighted by Crippen LogP contribution is 2.48. The predicted octanol–water partition coefficient (Wildman–Crippen LogP) is 3.62. The molecule has 2 heterocycles. The van der Waals surface area contributed by atoms with Gasteiger partial charge >= 0.3 is 0 Å². The summed E-state index contributed by atoms with van der Waals surface area (Å²) < 4.78 is 7.53. The SMILES string of the molecule is COc1ccc(C2(C(=O)NC3CCc4nnc(CCc5ccccc5)n4CC3)CC2)cc1. The number of amides is 1. The van der Waals surface area contributed by atoms with E-state index in [2.05, 4.69) is 44.3 Å². The molecule has 5 rings (SSSR count). The number of nitrogens with one attached hydrogen (secondary N) is 1. The van der Waals surface area contributed by atoms with Crippen LogP contribution in [0.25, 0.3) is 0 Å². The van der Waals surface area contributed by atoms with Gasteiger partial charge in [-0.15, -0.1) is 10.2 Å². The van der Waals surface area contributed by atoms with Gasteiger partial charge in [0.2, 0.25) is 5.91 Å². The summed E-state index contributed by atoms with van der Waals surface area (Å²) >= 11 is 0. The number of carbonyl (C=O) groups is 1. The van der Waals surface area contributed by atoms with Gasteiger partial charge < -0.3 is 14.6 Å². The van der Waals surface area contributed by atoms with Crippen LogP contribution in [0, 0.1) is 0 Å². The fourth-order valence-corrected chi connectivity index (χ4v) is 4.78. The first-order valence-corrected chi connectivity index (χ1v) is 11.6. The summed E-state index contributed by atoms with van der Waals surface area (Å²) in [5.41, 5.74) is 2.04. The lowest BCUT2D eigenvalue weighted by molar-refractivity contribution is -0.124. The molecule has 2 aliphatic rings. The van der Waals surface area contributed by atoms with Gasteiger partial charge in [-0.05, 0) is 55.4 Å². The summed E-state index contributed by atoms with van der Waals surface area (Å²) in [5, 5.41) is 12.3. The van der Waals surface area contributed by atoms with Gasteiger partial charge in [0.15, 0.2) is 0 Å². The van der Waals surface area contributed by atoms with Gasteiger partial charge in [-0.3, -0.25) is 4.79 Å². The second kappa shape index (κ2) is 8.77. The van der Waals surface area contributed by atoms with Crippen molar-refractivity contribution in [1.82, 2.24) is 20.1 Å². The van der Waals surface area contributed by atoms with Gasteiger partial charge in [0.05, 0.1) is 12.5 Å². The Labute approximate surface area is 189 Å². The van der Waals surface area contributed by atoms with Crippen LogP contribution in [0.15, 0.2) is 54.6 Å². The number of rotatable bonds is 7. The minimum Gasteiger partial charge on any atom is -0.497 e. The van der Waals surface area contributed by atoms with E-state index >= 15 is 0 Å². The van der Waals surface area contributed by atoms with Gasteiger partial charge in [0.25, 0.3) is 0 Å². The molecule has 32 heavy (non-hydrogen) atoms. The van der Waals surface area contributed by atoms with Crippen molar-refractivity contribution in [2.24, 2.45) is 0 Å². The lowest BCUT2D eigenvalue weighted by Gasteiger charge is -2.22. The molecule has 1 atom stereocenters. The molecule has 1 N–H and O–H groups in total. The highest BCUT2D eigenvalue weighted by molar-refractivity contribution is 5.91. The Kier molecular flexibility index (Phi) is 5.68. The van der Waals surface area contributed by atoms with E-state index in [4.69, 9.17) is 4.74 Å². The lowest BCUT2D eigenvalue weighted by atomic mass is 9.94. The number of benzene rings is 2. The van der Waals surface area contributed by atoms with Crippen LogP contribution in [0.2, 0.25) is 0 Å². The van der Waals surface area contributed by atoms with Gasteiger partial charge in [0, 0.05) is 25.4 Å². The van der Waals surface area contributed by atoms with Crippen molar-refractivity contribution in [2.45, 2.75) is 62.9 Å². The standard InChI is InChI=1S/C26H30N4O2/c1-32-22-11-8-20(9-12-22)26(16-17-26)25(31)27-21-10-14-24-29-28-23(30(24)18-15-21)13-7-19-5-3-2-4-6-19/h2-6,8-9,11-12,21H,7,10,13-18H2,1H3,(H,27,31). The molecule has 6 nitrogen and oxygen atoms in total. The molecule has 166 valence electrons. The maximum absolute atomic E-state index is 13.2. The minimum absolute atomic E-state index is 0.162. The van der Waals surface area contributed by atoms with Gasteiger partial charge in [0.1, 0.15) is 17.4 Å². The second-order valence-electron chi connectivity index (χ2n) is 8.98. The molecule has 3 aromatic rings. The van der Waals surface area contributed by atoms with E-state index in [1.54, 1.807) is 7.11 Å². The second-order valence-corrected chi connectivity index (χ2v) is 8.98. The van der Waals surface area contributed by atoms with Gasteiger partial charge in [-0.25, -0.2) is 0 Å². The lowest BCUT2D eigenvalue weighted by Crippen LogP contribution is -2.41. The molecule has 1 aliphatic carbocycles. The number of ether oxygens (including phenoxy) is 1. The predicted molar refractivity (Wildman–Crippen MR) is 123 cm³/mol. The maximum atomic E-state index is 13.2. The summed E-state index contributed by atoms with van der Waals surface area (Å²) in [6.07, 6.45) is 6.33. The zero-order valence-electron chi connectivity index (χ0n) is 18.6. The maximum Gasteiger partial charge on any atom is 0.230 e. The van der Waals surface area contributed by atoms with Crippen molar-refractivity contribution < 1.29 is 9.53 Å². The average molecular weight is 431 g/mol. The monoisotopic (exact) mass is 430 g/mol. The number of hydrogen-bond donors (Lipinski definition) is 1. The summed E-state index contributed by atoms with van der Waals surface area (Å²) in [7, 11) is 1.66. The molecule has 1 unspecified atom stereocenters. The number of aromatic nitrogens is 3. The van der Waals surface area contributed by atoms with Crippen LogP contribution in [0.3, 0.4) is 0 Å². The Hall–Kier alpha value is -3.15. The third-order valence-corrected chi connectivity index (χ3v) is 6.96. The van der Waals surface area contributed by atoms with E-state index in [0.717, 1.165) is 74.5 Å². The van der Waals surface area contributed by atoms with Crippen molar-refractivity contribution in [2.75, 3.05) is 7.11 Å². The molecule has 1 aromatic heterocycles. The zero-order chi connectivity index (χ0) is 22.0. The van der Waals surface area contributed by atoms with E-state index in [9.17, 15) is 4.79 Å². The minimum atomic E-state index is -0.367. The first kappa shape index (κ1) is 20.7. The van der Waals surface area contributed by atoms with Crippen LogP contribution in [0.5, 0.6) is 5.75 Å². The first-order chi connectivity index (χ1) is 15.7. The number of methoxy groups -OCH3 is 1. The van der Waals surface area contributed by atoms with E-state index in [0.29, 0.717) is 0 Å². The Morgan fingerprint density at radius 1 is 1.06 bits per heavy atom. The van der Waals surface area contributed by atoms with Crippen LogP contribution in [0.4, 0.5) is 0 Å². The topological polar surface area (TPSA) is 69.0 Å². The Bertz CT molecular complexity index is 1070. The van der Waals surface area contributed by atoms with Gasteiger partial charge in [-0.2, -0.15) is 0 Å². The van der Waals surface area contributed by atoms with Crippen LogP contribution < -0.4 is 10.1 Å². The van der Waals surface area contributed by atoms with E-state index in [1.165, 1.54) is 5.56 Å². The molecule has 0 bridgehead atoms. The molecule has 0 radical (unpaired) electrons. The molecule has 1 saturated carbocycles. The third kappa shape index (κ3) is 4.14. The van der Waals surface area contributed by atoms with Crippen molar-refractivity contribution in [3.05, 3.63) is 77.4 Å². The van der Waals surface area contributed by atoms with Crippen molar-refractivity contribution >= 4 is 5.91 Å². The molecule has 6 heteroatoms. The Balaban J connectivity index is 1.20. The zero-order valence-corrected chi connectivity index (χ0v) is 18.6. The molecule has 0 spiro atoms. The highest BCUT2D eigenvalue weighted by Gasteiger charge is 2.51.